The van der Waals surface area contributed by atoms with Crippen molar-refractivity contribution >= 4 is 40.5 Å². The number of carbonyl (C=O) groups is 1. The second-order valence-corrected chi connectivity index (χ2v) is 6.47. The standard InChI is InChI=1S/C18H18Cl2N2O2/c19-16-8-7-15(11-17(16)20)24-12-18(23)21-13-3-5-14(6-4-13)22-9-1-2-10-22/h3-8,11H,1-2,9-10,12H2,(H,21,23). The van der Waals surface area contributed by atoms with Crippen molar-refractivity contribution in [2.45, 2.75) is 12.8 Å². The Labute approximate surface area is 151 Å². The third-order valence-corrected chi connectivity index (χ3v) is 4.62. The van der Waals surface area contributed by atoms with Crippen molar-refractivity contribution < 1.29 is 9.53 Å². The molecule has 1 aliphatic heterocycles. The van der Waals surface area contributed by atoms with E-state index in [1.54, 1.807) is 18.2 Å². The van der Waals surface area contributed by atoms with Crippen LogP contribution in [0, 0.1) is 0 Å². The van der Waals surface area contributed by atoms with E-state index in [0.717, 1.165) is 18.8 Å². The van der Waals surface area contributed by atoms with E-state index in [1.165, 1.54) is 18.5 Å². The van der Waals surface area contributed by atoms with Gasteiger partial charge >= 0.3 is 0 Å². The molecule has 0 aromatic heterocycles. The summed E-state index contributed by atoms with van der Waals surface area (Å²) in [6, 6.07) is 12.8. The maximum absolute atomic E-state index is 12.0. The van der Waals surface area contributed by atoms with Crippen molar-refractivity contribution in [3.63, 3.8) is 0 Å². The summed E-state index contributed by atoms with van der Waals surface area (Å²) in [7, 11) is 0. The quantitative estimate of drug-likeness (QED) is 0.841. The predicted molar refractivity (Wildman–Crippen MR) is 98.5 cm³/mol. The highest BCUT2D eigenvalue weighted by molar-refractivity contribution is 6.42. The van der Waals surface area contributed by atoms with Crippen LogP contribution in [-0.4, -0.2) is 25.6 Å². The molecule has 0 bridgehead atoms. The molecule has 1 N–H and O–H groups in total. The van der Waals surface area contributed by atoms with Crippen molar-refractivity contribution in [2.24, 2.45) is 0 Å². The van der Waals surface area contributed by atoms with Crippen LogP contribution in [0.5, 0.6) is 5.75 Å². The maximum atomic E-state index is 12.0. The molecular formula is C18H18Cl2N2O2. The first-order chi connectivity index (χ1) is 11.6. The number of halogens is 2. The molecule has 2 aromatic carbocycles. The van der Waals surface area contributed by atoms with Gasteiger partial charge in [0.05, 0.1) is 10.0 Å². The monoisotopic (exact) mass is 364 g/mol. The Morgan fingerprint density at radius 1 is 1.04 bits per heavy atom. The van der Waals surface area contributed by atoms with E-state index in [0.29, 0.717) is 15.8 Å². The number of benzene rings is 2. The summed E-state index contributed by atoms with van der Waals surface area (Å²) < 4.78 is 5.42. The minimum atomic E-state index is -0.227. The zero-order valence-corrected chi connectivity index (χ0v) is 14.6. The van der Waals surface area contributed by atoms with Crippen LogP contribution in [0.15, 0.2) is 42.5 Å². The van der Waals surface area contributed by atoms with E-state index in [4.69, 9.17) is 27.9 Å². The Morgan fingerprint density at radius 3 is 2.42 bits per heavy atom. The molecule has 24 heavy (non-hydrogen) atoms. The number of rotatable bonds is 5. The first-order valence-corrected chi connectivity index (χ1v) is 8.60. The summed E-state index contributed by atoms with van der Waals surface area (Å²) in [5, 5.41) is 3.66. The summed E-state index contributed by atoms with van der Waals surface area (Å²) in [5.74, 6) is 0.277. The molecular weight excluding hydrogens is 347 g/mol. The zero-order chi connectivity index (χ0) is 16.9. The van der Waals surface area contributed by atoms with Crippen LogP contribution >= 0.6 is 23.2 Å². The van der Waals surface area contributed by atoms with Gasteiger partial charge in [-0.3, -0.25) is 4.79 Å². The van der Waals surface area contributed by atoms with E-state index < -0.39 is 0 Å². The Bertz CT molecular complexity index is 713. The van der Waals surface area contributed by atoms with Gasteiger partial charge in [0.25, 0.3) is 5.91 Å². The van der Waals surface area contributed by atoms with Crippen LogP contribution in [0.2, 0.25) is 10.0 Å². The van der Waals surface area contributed by atoms with Crippen molar-refractivity contribution in [2.75, 3.05) is 29.9 Å². The molecule has 1 aliphatic rings. The van der Waals surface area contributed by atoms with E-state index in [2.05, 4.69) is 10.2 Å². The van der Waals surface area contributed by atoms with E-state index >= 15 is 0 Å². The molecule has 0 radical (unpaired) electrons. The van der Waals surface area contributed by atoms with Crippen molar-refractivity contribution in [1.82, 2.24) is 0 Å². The highest BCUT2D eigenvalue weighted by Crippen LogP contribution is 2.26. The predicted octanol–water partition coefficient (Wildman–Crippen LogP) is 4.61. The van der Waals surface area contributed by atoms with Crippen LogP contribution in [0.3, 0.4) is 0 Å². The van der Waals surface area contributed by atoms with Gasteiger partial charge in [0.15, 0.2) is 6.61 Å². The van der Waals surface area contributed by atoms with Gasteiger partial charge in [0, 0.05) is 30.5 Å². The molecule has 0 saturated carbocycles. The summed E-state index contributed by atoms with van der Waals surface area (Å²) >= 11 is 11.8. The van der Waals surface area contributed by atoms with E-state index in [1.807, 2.05) is 24.3 Å². The van der Waals surface area contributed by atoms with E-state index in [-0.39, 0.29) is 12.5 Å². The Kier molecular flexibility index (Phi) is 5.48. The molecule has 0 atom stereocenters. The lowest BCUT2D eigenvalue weighted by molar-refractivity contribution is -0.118. The molecule has 1 heterocycles. The second kappa shape index (κ2) is 7.77. The molecule has 1 saturated heterocycles. The van der Waals surface area contributed by atoms with Gasteiger partial charge in [0.1, 0.15) is 5.75 Å². The van der Waals surface area contributed by atoms with E-state index in [9.17, 15) is 4.79 Å². The van der Waals surface area contributed by atoms with Gasteiger partial charge in [-0.05, 0) is 49.2 Å². The number of hydrogen-bond acceptors (Lipinski definition) is 3. The number of anilines is 2. The molecule has 0 unspecified atom stereocenters. The van der Waals surface area contributed by atoms with Gasteiger partial charge in [0.2, 0.25) is 0 Å². The molecule has 6 heteroatoms. The minimum Gasteiger partial charge on any atom is -0.484 e. The summed E-state index contributed by atoms with van der Waals surface area (Å²) in [6.45, 7) is 2.11. The number of amides is 1. The molecule has 3 rings (SSSR count). The number of carbonyl (C=O) groups excluding carboxylic acids is 1. The second-order valence-electron chi connectivity index (χ2n) is 5.65. The molecule has 0 spiro atoms. The van der Waals surface area contributed by atoms with Crippen LogP contribution in [0.25, 0.3) is 0 Å². The topological polar surface area (TPSA) is 41.6 Å². The number of ether oxygens (including phenoxy) is 1. The highest BCUT2D eigenvalue weighted by atomic mass is 35.5. The average Bonchev–Trinajstić information content (AvgIpc) is 3.11. The van der Waals surface area contributed by atoms with Crippen molar-refractivity contribution in [3.8, 4) is 5.75 Å². The Hall–Kier alpha value is -1.91. The van der Waals surface area contributed by atoms with Crippen LogP contribution in [-0.2, 0) is 4.79 Å². The SMILES string of the molecule is O=C(COc1ccc(Cl)c(Cl)c1)Nc1ccc(N2CCCC2)cc1. The molecule has 1 amide bonds. The van der Waals surface area contributed by atoms with Crippen LogP contribution < -0.4 is 15.0 Å². The van der Waals surface area contributed by atoms with Crippen LogP contribution in [0.1, 0.15) is 12.8 Å². The Morgan fingerprint density at radius 2 is 1.75 bits per heavy atom. The highest BCUT2D eigenvalue weighted by Gasteiger charge is 2.12. The first kappa shape index (κ1) is 16.9. The number of nitrogens with zero attached hydrogens (tertiary/aromatic N) is 1. The molecule has 4 nitrogen and oxygen atoms in total. The number of nitrogens with one attached hydrogen (secondary N) is 1. The molecule has 2 aromatic rings. The van der Waals surface area contributed by atoms with Crippen molar-refractivity contribution in [1.29, 1.82) is 0 Å². The smallest absolute Gasteiger partial charge is 0.262 e. The van der Waals surface area contributed by atoms with Gasteiger partial charge < -0.3 is 15.0 Å². The fraction of sp³-hybridized carbons (Fsp3) is 0.278. The molecule has 126 valence electrons. The first-order valence-electron chi connectivity index (χ1n) is 7.84. The van der Waals surface area contributed by atoms with Gasteiger partial charge in [-0.2, -0.15) is 0 Å². The molecule has 0 aliphatic carbocycles. The van der Waals surface area contributed by atoms with Crippen molar-refractivity contribution in [3.05, 3.63) is 52.5 Å². The lowest BCUT2D eigenvalue weighted by Gasteiger charge is -2.17. The fourth-order valence-electron chi connectivity index (χ4n) is 2.64. The maximum Gasteiger partial charge on any atom is 0.262 e. The number of hydrogen-bond donors (Lipinski definition) is 1. The summed E-state index contributed by atoms with van der Waals surface area (Å²) in [6.07, 6.45) is 2.48. The van der Waals surface area contributed by atoms with Gasteiger partial charge in [-0.25, -0.2) is 0 Å². The third-order valence-electron chi connectivity index (χ3n) is 3.88. The van der Waals surface area contributed by atoms with Gasteiger partial charge in [-0.15, -0.1) is 0 Å². The summed E-state index contributed by atoms with van der Waals surface area (Å²) in [5.41, 5.74) is 1.94. The fourth-order valence-corrected chi connectivity index (χ4v) is 2.93. The largest absolute Gasteiger partial charge is 0.484 e. The van der Waals surface area contributed by atoms with Gasteiger partial charge in [-0.1, -0.05) is 23.2 Å². The summed E-state index contributed by atoms with van der Waals surface area (Å²) in [4.78, 5) is 14.3. The normalized spacial score (nSPS) is 13.8. The molecule has 1 fully saturated rings. The minimum absolute atomic E-state index is 0.0914. The zero-order valence-electron chi connectivity index (χ0n) is 13.1. The lowest BCUT2D eigenvalue weighted by atomic mass is 10.2. The lowest BCUT2D eigenvalue weighted by Crippen LogP contribution is -2.20. The average molecular weight is 365 g/mol. The Balaban J connectivity index is 1.51. The third kappa shape index (κ3) is 4.34. The van der Waals surface area contributed by atoms with Crippen LogP contribution in [0.4, 0.5) is 11.4 Å².